The lowest BCUT2D eigenvalue weighted by Gasteiger charge is -2.11. The van der Waals surface area contributed by atoms with Crippen LogP contribution in [0, 0.1) is 12.3 Å². The lowest BCUT2D eigenvalue weighted by Crippen LogP contribution is -2.23. The molecule has 142 valence electrons. The zero-order chi connectivity index (χ0) is 19.5. The molecule has 0 aromatic heterocycles. The summed E-state index contributed by atoms with van der Waals surface area (Å²) in [6, 6.07) is 13.6. The van der Waals surface area contributed by atoms with E-state index in [-0.39, 0.29) is 12.5 Å². The highest BCUT2D eigenvalue weighted by molar-refractivity contribution is 5.76. The number of carbonyl (C=O) groups is 1. The number of hydrogen-bond donors (Lipinski definition) is 1. The van der Waals surface area contributed by atoms with Crippen molar-refractivity contribution in [3.8, 4) is 23.8 Å². The van der Waals surface area contributed by atoms with E-state index in [1.807, 2.05) is 42.5 Å². The molecule has 1 amide bonds. The van der Waals surface area contributed by atoms with Gasteiger partial charge in [-0.15, -0.1) is 6.42 Å². The molecule has 0 fully saturated rings. The molecule has 0 bridgehead atoms. The molecule has 2 rings (SSSR count). The Morgan fingerprint density at radius 3 is 2.41 bits per heavy atom. The summed E-state index contributed by atoms with van der Waals surface area (Å²) in [5, 5.41) is 2.94. The molecular weight excluding hydrogens is 342 g/mol. The Hall–Kier alpha value is -2.97. The first-order valence-electron chi connectivity index (χ1n) is 8.73. The van der Waals surface area contributed by atoms with E-state index in [2.05, 4.69) is 11.2 Å². The van der Waals surface area contributed by atoms with Crippen molar-refractivity contribution in [3.63, 3.8) is 0 Å². The number of hydrogen-bond acceptors (Lipinski definition) is 4. The van der Waals surface area contributed by atoms with Gasteiger partial charge in [0.05, 0.1) is 13.7 Å². The summed E-state index contributed by atoms with van der Waals surface area (Å²) < 4.78 is 15.8. The van der Waals surface area contributed by atoms with Crippen molar-refractivity contribution in [1.82, 2.24) is 5.32 Å². The normalized spacial score (nSPS) is 10.1. The minimum atomic E-state index is 0.00240. The van der Waals surface area contributed by atoms with Gasteiger partial charge in [-0.3, -0.25) is 4.79 Å². The van der Waals surface area contributed by atoms with E-state index in [9.17, 15) is 4.79 Å². The highest BCUT2D eigenvalue weighted by Crippen LogP contribution is 2.28. The van der Waals surface area contributed by atoms with E-state index in [0.717, 1.165) is 16.7 Å². The van der Waals surface area contributed by atoms with Crippen molar-refractivity contribution in [2.75, 3.05) is 20.8 Å². The SMILES string of the molecule is C#CCOc1ccc(CCC(=O)NCc2ccc(COC)cc2)cc1OC. The maximum atomic E-state index is 12.1. The Morgan fingerprint density at radius 2 is 1.74 bits per heavy atom. The van der Waals surface area contributed by atoms with Gasteiger partial charge in [0, 0.05) is 20.1 Å². The van der Waals surface area contributed by atoms with E-state index < -0.39 is 0 Å². The molecule has 1 N–H and O–H groups in total. The van der Waals surface area contributed by atoms with Crippen LogP contribution in [-0.4, -0.2) is 26.7 Å². The minimum absolute atomic E-state index is 0.00240. The number of carbonyl (C=O) groups excluding carboxylic acids is 1. The fourth-order valence-electron chi connectivity index (χ4n) is 2.57. The van der Waals surface area contributed by atoms with Gasteiger partial charge in [0.2, 0.25) is 5.91 Å². The van der Waals surface area contributed by atoms with Gasteiger partial charge < -0.3 is 19.5 Å². The van der Waals surface area contributed by atoms with Gasteiger partial charge in [-0.05, 0) is 35.2 Å². The average Bonchev–Trinajstić information content (AvgIpc) is 2.70. The monoisotopic (exact) mass is 367 g/mol. The number of terminal acetylenes is 1. The molecule has 0 saturated carbocycles. The molecule has 0 spiro atoms. The van der Waals surface area contributed by atoms with Crippen LogP contribution >= 0.6 is 0 Å². The smallest absolute Gasteiger partial charge is 0.220 e. The van der Waals surface area contributed by atoms with E-state index in [0.29, 0.717) is 37.5 Å². The van der Waals surface area contributed by atoms with E-state index in [4.69, 9.17) is 20.6 Å². The molecule has 0 radical (unpaired) electrons. The van der Waals surface area contributed by atoms with Crippen molar-refractivity contribution in [2.24, 2.45) is 0 Å². The third-order valence-corrected chi connectivity index (χ3v) is 4.00. The standard InChI is InChI=1S/C22H25NO4/c1-4-13-27-20-11-9-17(14-21(20)26-3)10-12-22(24)23-15-18-5-7-19(8-6-18)16-25-2/h1,5-9,11,14H,10,12-13,15-16H2,2-3H3,(H,23,24). The average molecular weight is 367 g/mol. The molecule has 0 aliphatic carbocycles. The Bertz CT molecular complexity index is 778. The summed E-state index contributed by atoms with van der Waals surface area (Å²) in [6.45, 7) is 1.28. The van der Waals surface area contributed by atoms with Gasteiger partial charge in [0.15, 0.2) is 11.5 Å². The largest absolute Gasteiger partial charge is 0.493 e. The van der Waals surface area contributed by atoms with Crippen LogP contribution in [-0.2, 0) is 29.1 Å². The van der Waals surface area contributed by atoms with Crippen LogP contribution < -0.4 is 14.8 Å². The Labute approximate surface area is 160 Å². The minimum Gasteiger partial charge on any atom is -0.493 e. The van der Waals surface area contributed by atoms with Crippen molar-refractivity contribution in [2.45, 2.75) is 26.0 Å². The second-order valence-corrected chi connectivity index (χ2v) is 6.00. The van der Waals surface area contributed by atoms with Crippen molar-refractivity contribution in [1.29, 1.82) is 0 Å². The molecule has 2 aromatic carbocycles. The molecule has 0 aliphatic heterocycles. The van der Waals surface area contributed by atoms with Gasteiger partial charge in [-0.2, -0.15) is 0 Å². The summed E-state index contributed by atoms with van der Waals surface area (Å²) in [7, 11) is 3.24. The first-order chi connectivity index (χ1) is 13.2. The summed E-state index contributed by atoms with van der Waals surface area (Å²) in [5.74, 6) is 3.63. The van der Waals surface area contributed by atoms with Crippen LogP contribution in [0.5, 0.6) is 11.5 Å². The number of rotatable bonds is 10. The van der Waals surface area contributed by atoms with Gasteiger partial charge in [-0.1, -0.05) is 36.3 Å². The highest BCUT2D eigenvalue weighted by Gasteiger charge is 2.08. The van der Waals surface area contributed by atoms with Crippen molar-refractivity contribution >= 4 is 5.91 Å². The van der Waals surface area contributed by atoms with Crippen LogP contribution in [0.4, 0.5) is 0 Å². The predicted octanol–water partition coefficient (Wildman–Crippen LogP) is 3.10. The number of ether oxygens (including phenoxy) is 3. The van der Waals surface area contributed by atoms with Crippen molar-refractivity contribution in [3.05, 3.63) is 59.2 Å². The summed E-state index contributed by atoms with van der Waals surface area (Å²) in [4.78, 5) is 12.1. The van der Waals surface area contributed by atoms with E-state index in [1.54, 1.807) is 14.2 Å². The maximum Gasteiger partial charge on any atom is 0.220 e. The van der Waals surface area contributed by atoms with Crippen LogP contribution in [0.2, 0.25) is 0 Å². The third-order valence-electron chi connectivity index (χ3n) is 4.00. The predicted molar refractivity (Wildman–Crippen MR) is 105 cm³/mol. The zero-order valence-corrected chi connectivity index (χ0v) is 15.8. The van der Waals surface area contributed by atoms with Crippen LogP contribution in [0.15, 0.2) is 42.5 Å². The molecule has 0 heterocycles. The number of nitrogens with one attached hydrogen (secondary N) is 1. The van der Waals surface area contributed by atoms with Crippen LogP contribution in [0.1, 0.15) is 23.1 Å². The molecule has 5 nitrogen and oxygen atoms in total. The maximum absolute atomic E-state index is 12.1. The quantitative estimate of drug-likeness (QED) is 0.656. The Morgan fingerprint density at radius 1 is 1.04 bits per heavy atom. The van der Waals surface area contributed by atoms with E-state index >= 15 is 0 Å². The molecular formula is C22H25NO4. The van der Waals surface area contributed by atoms with Crippen molar-refractivity contribution < 1.29 is 19.0 Å². The van der Waals surface area contributed by atoms with Gasteiger partial charge in [0.1, 0.15) is 6.61 Å². The fourth-order valence-corrected chi connectivity index (χ4v) is 2.57. The molecule has 2 aromatic rings. The first kappa shape index (κ1) is 20.3. The molecule has 27 heavy (non-hydrogen) atoms. The number of aryl methyl sites for hydroxylation is 1. The van der Waals surface area contributed by atoms with Gasteiger partial charge in [-0.25, -0.2) is 0 Å². The Balaban J connectivity index is 1.81. The topological polar surface area (TPSA) is 56.8 Å². The summed E-state index contributed by atoms with van der Waals surface area (Å²) >= 11 is 0. The van der Waals surface area contributed by atoms with Crippen LogP contribution in [0.25, 0.3) is 0 Å². The number of amides is 1. The first-order valence-corrected chi connectivity index (χ1v) is 8.73. The number of benzene rings is 2. The lowest BCUT2D eigenvalue weighted by molar-refractivity contribution is -0.121. The fraction of sp³-hybridized carbons (Fsp3) is 0.318. The van der Waals surface area contributed by atoms with E-state index in [1.165, 1.54) is 0 Å². The summed E-state index contributed by atoms with van der Waals surface area (Å²) in [6.07, 6.45) is 6.22. The van der Waals surface area contributed by atoms with Crippen LogP contribution in [0.3, 0.4) is 0 Å². The van der Waals surface area contributed by atoms with Gasteiger partial charge in [0.25, 0.3) is 0 Å². The lowest BCUT2D eigenvalue weighted by atomic mass is 10.1. The second kappa shape index (κ2) is 10.9. The molecule has 0 atom stereocenters. The number of methoxy groups -OCH3 is 2. The molecule has 0 aliphatic rings. The Kier molecular flexibility index (Phi) is 8.21. The zero-order valence-electron chi connectivity index (χ0n) is 15.8. The van der Waals surface area contributed by atoms with Gasteiger partial charge >= 0.3 is 0 Å². The summed E-state index contributed by atoms with van der Waals surface area (Å²) in [5.41, 5.74) is 3.16. The molecule has 0 saturated heterocycles. The second-order valence-electron chi connectivity index (χ2n) is 6.00. The third kappa shape index (κ3) is 6.69. The molecule has 0 unspecified atom stereocenters. The highest BCUT2D eigenvalue weighted by atomic mass is 16.5. The molecule has 5 heteroatoms.